The minimum atomic E-state index is -3.67. The van der Waals surface area contributed by atoms with E-state index in [1.165, 1.54) is 97.1 Å². The number of halogens is 16. The molecular formula is C66H44Cl2F14N2O18. The number of alkyl halides is 15. The Morgan fingerprint density at radius 1 is 0.392 bits per heavy atom. The summed E-state index contributed by atoms with van der Waals surface area (Å²) in [4.78, 5) is 22.4. The Morgan fingerprint density at radius 3 is 1.00 bits per heavy atom. The van der Waals surface area contributed by atoms with Gasteiger partial charge in [-0.2, -0.15) is 10.5 Å². The highest BCUT2D eigenvalue weighted by molar-refractivity contribution is 6.66. The van der Waals surface area contributed by atoms with Crippen molar-refractivity contribution in [2.45, 2.75) is 125 Å². The summed E-state index contributed by atoms with van der Waals surface area (Å²) >= 11 is 11.0. The molecule has 0 saturated heterocycles. The van der Waals surface area contributed by atoms with Crippen LogP contribution in [0, 0.1) is 29.6 Å². The van der Waals surface area contributed by atoms with Crippen molar-refractivity contribution in [3.63, 3.8) is 0 Å². The predicted octanol–water partition coefficient (Wildman–Crippen LogP) is 16.1. The third-order valence-electron chi connectivity index (χ3n) is 15.7. The van der Waals surface area contributed by atoms with Gasteiger partial charge in [0.25, 0.3) is 0 Å². The Morgan fingerprint density at radius 2 is 0.676 bits per heavy atom. The summed E-state index contributed by atoms with van der Waals surface area (Å²) < 4.78 is 236. The average Bonchev–Trinajstić information content (AvgIpc) is 1.60. The van der Waals surface area contributed by atoms with Crippen LogP contribution in [0.15, 0.2) is 127 Å². The molecule has 0 radical (unpaired) electrons. The number of hydrogen-bond donors (Lipinski definition) is 2. The van der Waals surface area contributed by atoms with Gasteiger partial charge in [0.15, 0.2) is 80.5 Å². The maximum Gasteiger partial charge on any atom is 0.586 e. The van der Waals surface area contributed by atoms with Gasteiger partial charge in [-0.1, -0.05) is 42.5 Å². The van der Waals surface area contributed by atoms with E-state index in [0.717, 1.165) is 24.0 Å². The van der Waals surface area contributed by atoms with Gasteiger partial charge in [-0.25, -0.2) is 0 Å². The van der Waals surface area contributed by atoms with E-state index in [0.29, 0.717) is 53.5 Å². The second-order valence-electron chi connectivity index (χ2n) is 23.0. The lowest BCUT2D eigenvalue weighted by atomic mass is 9.96. The number of aliphatic carboxylic acids is 1. The smallest absolute Gasteiger partial charge is 0.481 e. The molecule has 0 atom stereocenters. The lowest BCUT2D eigenvalue weighted by molar-refractivity contribution is -0.287. The molecule has 3 fully saturated rings. The van der Waals surface area contributed by atoms with Crippen molar-refractivity contribution in [3.05, 3.63) is 166 Å². The zero-order valence-electron chi connectivity index (χ0n) is 51.4. The maximum atomic E-state index is 12.8. The van der Waals surface area contributed by atoms with Crippen LogP contribution in [0.2, 0.25) is 0 Å². The fourth-order valence-electron chi connectivity index (χ4n) is 10.2. The maximum absolute atomic E-state index is 12.8. The predicted molar refractivity (Wildman–Crippen MR) is 315 cm³/mol. The van der Waals surface area contributed by atoms with Gasteiger partial charge in [0.1, 0.15) is 0 Å². The number of aryl methyl sites for hydroxylation is 1. The Balaban J connectivity index is 0.000000120. The number of carboxylic acids is 1. The molecule has 36 heteroatoms. The molecule has 10 aliphatic rings. The highest BCUT2D eigenvalue weighted by Gasteiger charge is 2.55. The van der Waals surface area contributed by atoms with Gasteiger partial charge in [0.2, 0.25) is 5.24 Å². The third kappa shape index (κ3) is 16.6. The third-order valence-corrected chi connectivity index (χ3v) is 16.4. The van der Waals surface area contributed by atoms with Crippen molar-refractivity contribution < 1.29 is 148 Å². The highest BCUT2D eigenvalue weighted by Crippen LogP contribution is 2.56. The van der Waals surface area contributed by atoms with Crippen LogP contribution >= 0.6 is 23.2 Å². The van der Waals surface area contributed by atoms with Crippen LogP contribution in [0.25, 0.3) is 0 Å². The van der Waals surface area contributed by atoms with E-state index in [1.54, 1.807) is 37.3 Å². The van der Waals surface area contributed by atoms with Gasteiger partial charge in [-0.05, 0) is 181 Å². The second-order valence-corrected chi connectivity index (χ2v) is 23.6. The Hall–Kier alpha value is -10.6. The number of nitriles is 2. The topological polar surface area (TPSA) is 251 Å². The van der Waals surface area contributed by atoms with Crippen molar-refractivity contribution in [2.75, 3.05) is 0 Å². The molecule has 17 rings (SSSR count). The van der Waals surface area contributed by atoms with Crippen LogP contribution in [-0.4, -0.2) is 65.5 Å². The molecule has 538 valence electrons. The first-order valence-corrected chi connectivity index (χ1v) is 30.3. The van der Waals surface area contributed by atoms with Crippen LogP contribution in [0.1, 0.15) is 77.5 Å². The van der Waals surface area contributed by atoms with Crippen LogP contribution in [0.3, 0.4) is 0 Å². The summed E-state index contributed by atoms with van der Waals surface area (Å²) in [6.07, 6.45) is -21.2. The summed E-state index contributed by atoms with van der Waals surface area (Å²) in [6.45, 7) is 1.57. The number of nitrogens with zero attached hydrogens (tertiary/aromatic N) is 2. The fourth-order valence-corrected chi connectivity index (χ4v) is 10.7. The van der Waals surface area contributed by atoms with E-state index in [4.69, 9.17) is 43.9 Å². The summed E-state index contributed by atoms with van der Waals surface area (Å²) in [5.41, 5.74) is 2.31. The number of carbonyl (C=O) groups is 2. The van der Waals surface area contributed by atoms with Crippen molar-refractivity contribution in [1.82, 2.24) is 0 Å². The number of carbonyl (C=O) groups excluding carboxylic acids is 1. The number of benzene rings is 7. The number of aliphatic hydroxyl groups is 1. The molecule has 20 nitrogen and oxygen atoms in total. The molecule has 7 aromatic carbocycles. The van der Waals surface area contributed by atoms with Gasteiger partial charge in [0.05, 0.1) is 41.4 Å². The molecule has 0 spiro atoms. The quantitative estimate of drug-likeness (QED) is 0.0815. The highest BCUT2D eigenvalue weighted by atomic mass is 35.5. The first-order valence-electron chi connectivity index (χ1n) is 29.4. The Labute approximate surface area is 574 Å². The second kappa shape index (κ2) is 26.7. The van der Waals surface area contributed by atoms with E-state index < -0.39 is 71.5 Å². The van der Waals surface area contributed by atoms with E-state index in [9.17, 15) is 71.1 Å². The van der Waals surface area contributed by atoms with Crippen molar-refractivity contribution in [1.29, 1.82) is 10.5 Å². The molecule has 7 aliphatic heterocycles. The first kappa shape index (κ1) is 72.7. The van der Waals surface area contributed by atoms with E-state index in [-0.39, 0.29) is 99.4 Å². The van der Waals surface area contributed by atoms with E-state index >= 15 is 0 Å². The number of carboxylic acid groups (broad SMARTS) is 1. The molecule has 0 bridgehead atoms. The molecule has 0 unspecified atom stereocenters. The minimum absolute atomic E-state index is 0.00307. The van der Waals surface area contributed by atoms with Crippen LogP contribution in [0.5, 0.6) is 80.5 Å². The molecule has 7 aromatic rings. The fraction of sp³-hybridized carbons (Fsp3) is 0.303. The Bertz CT molecular complexity index is 4350. The first-order chi connectivity index (χ1) is 47.8. The average molecular weight is 1490 g/mol. The van der Waals surface area contributed by atoms with Crippen LogP contribution in [-0.2, 0) is 44.7 Å². The zero-order valence-corrected chi connectivity index (χ0v) is 52.9. The zero-order chi connectivity index (χ0) is 73.8. The van der Waals surface area contributed by atoms with Crippen LogP contribution in [0.4, 0.5) is 61.5 Å². The molecule has 3 aliphatic carbocycles. The largest absolute Gasteiger partial charge is 0.586 e. The van der Waals surface area contributed by atoms with Gasteiger partial charge < -0.3 is 76.5 Å². The molecular weight excluding hydrogens is 1450 g/mol. The minimum Gasteiger partial charge on any atom is -0.481 e. The van der Waals surface area contributed by atoms with Gasteiger partial charge in [-0.15, -0.1) is 73.1 Å². The Kier molecular flexibility index (Phi) is 19.1. The molecule has 102 heavy (non-hydrogen) atoms. The molecule has 0 aromatic heterocycles. The lowest BCUT2D eigenvalue weighted by Gasteiger charge is -2.10. The van der Waals surface area contributed by atoms with E-state index in [1.807, 2.05) is 6.07 Å². The number of ether oxygens (including phenoxy) is 14. The van der Waals surface area contributed by atoms with Gasteiger partial charge in [-0.3, -0.25) is 9.59 Å². The van der Waals surface area contributed by atoms with Crippen LogP contribution < -0.4 is 66.3 Å². The summed E-state index contributed by atoms with van der Waals surface area (Å²) in [6, 6.07) is 34.6. The lowest BCUT2D eigenvalue weighted by Crippen LogP contribution is -2.26. The monoisotopic (exact) mass is 1490 g/mol. The standard InChI is InChI=1S/C11H7ClF2O3.C11H7F2NO2.C11H8F2O4.C9H5F2NO2.C8H5ClF2O2.C8H6F2O3.C8H6F2O2/c12-9(15)10(3-4-10)6-1-2-7-8(5-6)17-11(13,14)16-7;12-11(13)15-8-2-1-7(5-9(8)16-11)10(6-14)3-4-10;12-11(13)16-7-2-1-6(5-8(7)17-11)10(3-4-10)9(14)15;10-9(11)13-7-2-1-6(3-4-12)5-8(7)14-9;9-4-5-1-2-6-7(3-5)13-8(10,11)12-6;9-8(10)12-6-2-1-5(4-11)3-7(6)13-8;1-5-2-3-6-7(4-5)12-8(9,10)11-6/h1-2,5H,3-4H2;1-2,5H,3-4H2;1-2,5H,3-4H2,(H,14,15);1-2,5H,3H2;1-3H,4H2;1-3,11H,4H2;2-4H,1H3. The molecule has 0 amide bonds. The van der Waals surface area contributed by atoms with E-state index in [2.05, 4.69) is 72.4 Å². The number of hydrogen-bond acceptors (Lipinski definition) is 19. The SMILES string of the molecule is Cc1ccc2c(c1)OC(F)(F)O2.FC1(F)Oc2ccc(CCl)cc2O1.N#CC1(c2ccc3c(c2)OC(F)(F)O3)CC1.N#CCc1ccc2c(c1)OC(F)(F)O2.O=C(Cl)C1(c2ccc3c(c2)OC(F)(F)O3)CC1.O=C(O)C1(c2ccc3c(c2)OC(F)(F)O3)CC1.OCc1ccc2c(c1)OC(F)(F)O2. The molecule has 2 N–H and O–H groups in total. The normalized spacial score (nSPS) is 19.8. The molecule has 7 heterocycles. The van der Waals surface area contributed by atoms with Gasteiger partial charge in [0, 0.05) is 5.88 Å². The number of fused-ring (bicyclic) bond motifs is 7. The summed E-state index contributed by atoms with van der Waals surface area (Å²) in [5.74, 6) is -0.768. The number of aliphatic hydroxyl groups excluding tert-OH is 1. The van der Waals surface area contributed by atoms with Gasteiger partial charge >= 0.3 is 50.0 Å². The number of rotatable bonds is 8. The van der Waals surface area contributed by atoms with Crippen molar-refractivity contribution >= 4 is 34.4 Å². The van der Waals surface area contributed by atoms with Crippen molar-refractivity contribution in [3.8, 4) is 92.6 Å². The van der Waals surface area contributed by atoms with Crippen molar-refractivity contribution in [2.24, 2.45) is 0 Å². The summed E-state index contributed by atoms with van der Waals surface area (Å²) in [5, 5.41) is 34.7. The molecule has 3 saturated carbocycles. The summed E-state index contributed by atoms with van der Waals surface area (Å²) in [7, 11) is 0.